The Kier molecular flexibility index (Phi) is 7.62. The molecule has 1 atom stereocenters. The molecule has 214 valence electrons. The molecule has 1 aromatic carbocycles. The number of ether oxygens (including phenoxy) is 2. The minimum atomic E-state index is -4.80. The summed E-state index contributed by atoms with van der Waals surface area (Å²) in [6, 6.07) is 9.18. The number of halogens is 6. The van der Waals surface area contributed by atoms with Gasteiger partial charge in [0.25, 0.3) is 0 Å². The predicted octanol–water partition coefficient (Wildman–Crippen LogP) is 5.01. The van der Waals surface area contributed by atoms with Crippen LogP contribution in [-0.2, 0) is 10.9 Å². The van der Waals surface area contributed by atoms with E-state index >= 15 is 0 Å². The van der Waals surface area contributed by atoms with Crippen LogP contribution in [0.25, 0.3) is 11.3 Å². The summed E-state index contributed by atoms with van der Waals surface area (Å²) < 4.78 is 88.0. The van der Waals surface area contributed by atoms with Crippen LogP contribution in [0, 0.1) is 0 Å². The summed E-state index contributed by atoms with van der Waals surface area (Å²) in [7, 11) is 0. The van der Waals surface area contributed by atoms with Crippen molar-refractivity contribution in [1.29, 1.82) is 0 Å². The van der Waals surface area contributed by atoms with E-state index in [-0.39, 0.29) is 30.7 Å². The lowest BCUT2D eigenvalue weighted by molar-refractivity contribution is -0.274. The van der Waals surface area contributed by atoms with E-state index in [0.717, 1.165) is 6.07 Å². The van der Waals surface area contributed by atoms with Crippen molar-refractivity contribution in [3.63, 3.8) is 0 Å². The number of aromatic nitrogens is 3. The molecule has 5 rings (SSSR count). The molecule has 8 nitrogen and oxygen atoms in total. The molecule has 0 amide bonds. The number of alkyl halides is 6. The van der Waals surface area contributed by atoms with Crippen LogP contribution < -0.4 is 19.4 Å². The van der Waals surface area contributed by atoms with Crippen LogP contribution in [0.3, 0.4) is 0 Å². The SMILES string of the molecule is C[C@@H]1CN(c2ncccc2C(F)(F)F)CCN1c1cc(-c2ccc(OC(F)(F)F)cc2)nc(N2CCOCC2)n1. The molecule has 0 saturated carbocycles. The Bertz CT molecular complexity index is 1310. The van der Waals surface area contributed by atoms with Gasteiger partial charge >= 0.3 is 12.5 Å². The van der Waals surface area contributed by atoms with Crippen LogP contribution in [0.1, 0.15) is 12.5 Å². The zero-order chi connectivity index (χ0) is 28.5. The summed E-state index contributed by atoms with van der Waals surface area (Å²) in [6.45, 7) is 4.92. The number of pyridine rings is 1. The van der Waals surface area contributed by atoms with Gasteiger partial charge in [0.15, 0.2) is 0 Å². The van der Waals surface area contributed by atoms with Crippen molar-refractivity contribution in [3.05, 3.63) is 54.2 Å². The Morgan fingerprint density at radius 2 is 1.62 bits per heavy atom. The molecule has 40 heavy (non-hydrogen) atoms. The topological polar surface area (TPSA) is 66.9 Å². The molecule has 2 aromatic heterocycles. The number of hydrogen-bond acceptors (Lipinski definition) is 8. The highest BCUT2D eigenvalue weighted by Crippen LogP contribution is 2.36. The normalized spacial score (nSPS) is 18.7. The van der Waals surface area contributed by atoms with Gasteiger partial charge in [0.1, 0.15) is 17.4 Å². The summed E-state index contributed by atoms with van der Waals surface area (Å²) in [5, 5.41) is 0. The van der Waals surface area contributed by atoms with Crippen molar-refractivity contribution in [2.75, 3.05) is 60.6 Å². The van der Waals surface area contributed by atoms with Crippen molar-refractivity contribution >= 4 is 17.6 Å². The van der Waals surface area contributed by atoms with Gasteiger partial charge in [-0.05, 0) is 43.3 Å². The van der Waals surface area contributed by atoms with Gasteiger partial charge in [0.2, 0.25) is 5.95 Å². The molecule has 0 bridgehead atoms. The second kappa shape index (κ2) is 11.0. The number of rotatable bonds is 5. The maximum Gasteiger partial charge on any atom is 0.573 e. The quantitative estimate of drug-likeness (QED) is 0.399. The first-order chi connectivity index (χ1) is 19.0. The van der Waals surface area contributed by atoms with Crippen molar-refractivity contribution in [2.24, 2.45) is 0 Å². The van der Waals surface area contributed by atoms with Crippen molar-refractivity contribution in [2.45, 2.75) is 25.5 Å². The van der Waals surface area contributed by atoms with Crippen molar-refractivity contribution in [3.8, 4) is 17.0 Å². The summed E-state index contributed by atoms with van der Waals surface area (Å²) in [5.74, 6) is 0.535. The summed E-state index contributed by atoms with van der Waals surface area (Å²) in [4.78, 5) is 19.0. The Hall–Kier alpha value is -3.81. The van der Waals surface area contributed by atoms with Crippen molar-refractivity contribution < 1.29 is 35.8 Å². The summed E-state index contributed by atoms with van der Waals surface area (Å²) >= 11 is 0. The average Bonchev–Trinajstić information content (AvgIpc) is 2.92. The number of nitrogens with zero attached hydrogens (tertiary/aromatic N) is 6. The van der Waals surface area contributed by atoms with E-state index in [1.54, 1.807) is 11.0 Å². The van der Waals surface area contributed by atoms with E-state index in [2.05, 4.69) is 14.7 Å². The fraction of sp³-hybridized carbons (Fsp3) is 0.423. The first-order valence-corrected chi connectivity index (χ1v) is 12.6. The maximum atomic E-state index is 13.6. The van der Waals surface area contributed by atoms with Crippen LogP contribution in [0.2, 0.25) is 0 Å². The van der Waals surface area contributed by atoms with Gasteiger partial charge in [-0.1, -0.05) is 0 Å². The molecule has 2 aliphatic rings. The fourth-order valence-electron chi connectivity index (χ4n) is 4.81. The van der Waals surface area contributed by atoms with Crippen LogP contribution in [0.4, 0.5) is 43.9 Å². The van der Waals surface area contributed by atoms with Gasteiger partial charge in [-0.15, -0.1) is 13.2 Å². The third kappa shape index (κ3) is 6.32. The van der Waals surface area contributed by atoms with E-state index in [0.29, 0.717) is 55.9 Å². The Morgan fingerprint density at radius 3 is 2.27 bits per heavy atom. The van der Waals surface area contributed by atoms with Gasteiger partial charge in [0, 0.05) is 56.6 Å². The molecule has 4 heterocycles. The first-order valence-electron chi connectivity index (χ1n) is 12.6. The van der Waals surface area contributed by atoms with Gasteiger partial charge in [-0.2, -0.15) is 18.2 Å². The number of piperazine rings is 1. The molecular formula is C26H26F6N6O2. The van der Waals surface area contributed by atoms with Crippen LogP contribution in [-0.4, -0.2) is 73.3 Å². The largest absolute Gasteiger partial charge is 0.573 e. The lowest BCUT2D eigenvalue weighted by Gasteiger charge is -2.42. The second-order valence-corrected chi connectivity index (χ2v) is 9.44. The molecule has 2 fully saturated rings. The molecule has 0 spiro atoms. The highest BCUT2D eigenvalue weighted by molar-refractivity contribution is 5.66. The molecule has 2 saturated heterocycles. The summed E-state index contributed by atoms with van der Waals surface area (Å²) in [5.41, 5.74) is 0.263. The minimum Gasteiger partial charge on any atom is -0.406 e. The predicted molar refractivity (Wildman–Crippen MR) is 135 cm³/mol. The highest BCUT2D eigenvalue weighted by atomic mass is 19.4. The van der Waals surface area contributed by atoms with E-state index in [1.807, 2.05) is 16.7 Å². The van der Waals surface area contributed by atoms with Gasteiger partial charge in [0.05, 0.1) is 24.5 Å². The molecule has 0 radical (unpaired) electrons. The smallest absolute Gasteiger partial charge is 0.406 e. The molecule has 2 aliphatic heterocycles. The number of hydrogen-bond donors (Lipinski definition) is 0. The van der Waals surface area contributed by atoms with E-state index in [4.69, 9.17) is 9.72 Å². The number of anilines is 3. The number of morpholine rings is 1. The average molecular weight is 569 g/mol. The number of benzene rings is 1. The molecular weight excluding hydrogens is 542 g/mol. The van der Waals surface area contributed by atoms with E-state index < -0.39 is 18.1 Å². The molecule has 0 N–H and O–H groups in total. The van der Waals surface area contributed by atoms with Crippen LogP contribution in [0.15, 0.2) is 48.7 Å². The van der Waals surface area contributed by atoms with E-state index in [9.17, 15) is 26.3 Å². The lowest BCUT2D eigenvalue weighted by Crippen LogP contribution is -2.53. The maximum absolute atomic E-state index is 13.6. The zero-order valence-electron chi connectivity index (χ0n) is 21.4. The lowest BCUT2D eigenvalue weighted by atomic mass is 10.1. The third-order valence-electron chi connectivity index (χ3n) is 6.69. The Balaban J connectivity index is 1.44. The minimum absolute atomic E-state index is 0.111. The van der Waals surface area contributed by atoms with Gasteiger partial charge in [-0.3, -0.25) is 0 Å². The van der Waals surface area contributed by atoms with Crippen molar-refractivity contribution in [1.82, 2.24) is 15.0 Å². The van der Waals surface area contributed by atoms with E-state index in [1.165, 1.54) is 36.5 Å². The van der Waals surface area contributed by atoms with Gasteiger partial charge in [-0.25, -0.2) is 9.97 Å². The Labute approximate surface area is 226 Å². The van der Waals surface area contributed by atoms with Gasteiger partial charge < -0.3 is 24.2 Å². The standard InChI is InChI=1S/C26H26F6N6O2/c1-17-16-37(23-20(25(27,28)29)3-2-8-33-23)9-10-38(17)22-15-21(34-24(35-22)36-11-13-39-14-12-36)18-4-6-19(7-5-18)40-26(30,31)32/h2-8,15,17H,9-14,16H2,1H3/t17-/m1/s1. The van der Waals surface area contributed by atoms with Crippen LogP contribution in [0.5, 0.6) is 5.75 Å². The van der Waals surface area contributed by atoms with Crippen LogP contribution >= 0.6 is 0 Å². The molecule has 0 unspecified atom stereocenters. The zero-order valence-corrected chi connectivity index (χ0v) is 21.4. The Morgan fingerprint density at radius 1 is 0.900 bits per heavy atom. The second-order valence-electron chi connectivity index (χ2n) is 9.44. The third-order valence-corrected chi connectivity index (χ3v) is 6.69. The fourth-order valence-corrected chi connectivity index (χ4v) is 4.81. The molecule has 0 aliphatic carbocycles. The highest BCUT2D eigenvalue weighted by Gasteiger charge is 2.37. The molecule has 3 aromatic rings. The monoisotopic (exact) mass is 568 g/mol. The first kappa shape index (κ1) is 27.7. The molecule has 14 heteroatoms. The summed E-state index contributed by atoms with van der Waals surface area (Å²) in [6.07, 6.45) is -7.99.